The molecule has 0 spiro atoms. The highest BCUT2D eigenvalue weighted by Gasteiger charge is 2.02. The van der Waals surface area contributed by atoms with Gasteiger partial charge in [-0.25, -0.2) is 0 Å². The van der Waals surface area contributed by atoms with E-state index in [2.05, 4.69) is 49.4 Å². The molecular formula is C16H16. The zero-order valence-electron chi connectivity index (χ0n) is 9.66. The first kappa shape index (κ1) is 9.65. The van der Waals surface area contributed by atoms with Crippen LogP contribution in [0.3, 0.4) is 0 Å². The predicted octanol–water partition coefficient (Wildman–Crippen LogP) is 3.92. The second kappa shape index (κ2) is 3.79. The molecule has 0 nitrogen and oxygen atoms in total. The van der Waals surface area contributed by atoms with Crippen LogP contribution in [0, 0.1) is 20.9 Å². The number of unbranched alkanes of at least 4 members (excludes halogenated alkanes) is 1. The maximum atomic E-state index is 2.37. The van der Waals surface area contributed by atoms with Crippen LogP contribution < -0.4 is 0 Å². The summed E-state index contributed by atoms with van der Waals surface area (Å²) in [6, 6.07) is 15.6. The topological polar surface area (TPSA) is 0 Å². The van der Waals surface area contributed by atoms with E-state index in [1.165, 1.54) is 45.7 Å². The minimum atomic E-state index is 1.21. The van der Waals surface area contributed by atoms with E-state index in [9.17, 15) is 0 Å². The van der Waals surface area contributed by atoms with Gasteiger partial charge < -0.3 is 0 Å². The molecule has 0 bridgehead atoms. The fourth-order valence-electron chi connectivity index (χ4n) is 2.48. The number of hydrogen-bond donors (Lipinski definition) is 0. The first-order chi connectivity index (χ1) is 7.90. The Bertz CT molecular complexity index is 696. The molecule has 16 heavy (non-hydrogen) atoms. The molecule has 0 radical (unpaired) electrons. The number of fused-ring (bicyclic) bond motifs is 2. The zero-order chi connectivity index (χ0) is 11.0. The van der Waals surface area contributed by atoms with Gasteiger partial charge >= 0.3 is 0 Å². The lowest BCUT2D eigenvalue weighted by Crippen LogP contribution is -1.93. The van der Waals surface area contributed by atoms with Crippen LogP contribution in [-0.4, -0.2) is 0 Å². The Kier molecular flexibility index (Phi) is 2.28. The van der Waals surface area contributed by atoms with Crippen LogP contribution in [0.15, 0.2) is 42.5 Å². The summed E-state index contributed by atoms with van der Waals surface area (Å²) in [7, 11) is 0. The Labute approximate surface area is 95.6 Å². The summed E-state index contributed by atoms with van der Waals surface area (Å²) >= 11 is 0. The molecular weight excluding hydrogens is 192 g/mol. The van der Waals surface area contributed by atoms with Gasteiger partial charge in [0.05, 0.1) is 0 Å². The first-order valence-electron chi connectivity index (χ1n) is 6.13. The Morgan fingerprint density at radius 3 is 2.25 bits per heavy atom. The molecule has 80 valence electrons. The molecule has 3 rings (SSSR count). The predicted molar refractivity (Wildman–Crippen MR) is 66.8 cm³/mol. The van der Waals surface area contributed by atoms with Gasteiger partial charge in [-0.15, -0.1) is 0 Å². The van der Waals surface area contributed by atoms with E-state index < -0.39 is 0 Å². The van der Waals surface area contributed by atoms with Crippen molar-refractivity contribution in [1.29, 1.82) is 0 Å². The van der Waals surface area contributed by atoms with Crippen LogP contribution in [0.1, 0.15) is 25.3 Å². The highest BCUT2D eigenvalue weighted by atomic mass is 14.1. The minimum absolute atomic E-state index is 1.21. The van der Waals surface area contributed by atoms with Crippen molar-refractivity contribution in [3.63, 3.8) is 0 Å². The van der Waals surface area contributed by atoms with Crippen molar-refractivity contribution in [2.45, 2.75) is 26.2 Å². The van der Waals surface area contributed by atoms with Crippen molar-refractivity contribution in [3.05, 3.63) is 68.9 Å². The third-order valence-electron chi connectivity index (χ3n) is 3.41. The Hall–Kier alpha value is -1.56. The van der Waals surface area contributed by atoms with E-state index in [1.807, 2.05) is 0 Å². The van der Waals surface area contributed by atoms with Gasteiger partial charge in [0.25, 0.3) is 0 Å². The smallest absolute Gasteiger partial charge is 0.00962 e. The number of hydrogen-bond acceptors (Lipinski definition) is 0. The fourth-order valence-corrected chi connectivity index (χ4v) is 2.48. The quantitative estimate of drug-likeness (QED) is 0.612. The van der Waals surface area contributed by atoms with Crippen molar-refractivity contribution in [2.24, 2.45) is 0 Å². The molecule has 0 heteroatoms. The Balaban J connectivity index is 2.14. The molecule has 0 unspecified atom stereocenters. The van der Waals surface area contributed by atoms with Gasteiger partial charge in [-0.05, 0) is 39.3 Å². The van der Waals surface area contributed by atoms with Gasteiger partial charge in [-0.2, -0.15) is 0 Å². The summed E-state index contributed by atoms with van der Waals surface area (Å²) in [6.45, 7) is 2.25. The van der Waals surface area contributed by atoms with Crippen molar-refractivity contribution in [2.75, 3.05) is 0 Å². The molecule has 2 aromatic carbocycles. The maximum Gasteiger partial charge on any atom is -0.00962 e. The summed E-state index contributed by atoms with van der Waals surface area (Å²) in [6.07, 6.45) is 3.78. The normalized spacial score (nSPS) is 11.6. The maximum absolute atomic E-state index is 2.37. The molecule has 0 heterocycles. The lowest BCUT2D eigenvalue weighted by molar-refractivity contribution is 0.794. The number of aryl methyl sites for hydroxylation is 1. The Morgan fingerprint density at radius 1 is 0.812 bits per heavy atom. The molecule has 1 aliphatic carbocycles. The molecule has 1 aliphatic rings. The number of rotatable bonds is 3. The van der Waals surface area contributed by atoms with Gasteiger partial charge in [-0.3, -0.25) is 0 Å². The molecule has 0 fully saturated rings. The molecule has 0 N–H and O–H groups in total. The van der Waals surface area contributed by atoms with Crippen molar-refractivity contribution in [1.82, 2.24) is 0 Å². The lowest BCUT2D eigenvalue weighted by Gasteiger charge is -2.06. The summed E-state index contributed by atoms with van der Waals surface area (Å²) in [5.74, 6) is 0. The van der Waals surface area contributed by atoms with E-state index in [-0.39, 0.29) is 0 Å². The van der Waals surface area contributed by atoms with E-state index in [0.717, 1.165) is 0 Å². The minimum Gasteiger partial charge on any atom is -0.0654 e. The summed E-state index contributed by atoms with van der Waals surface area (Å²) in [5, 5.41) is 5.72. The van der Waals surface area contributed by atoms with Crippen LogP contribution >= 0.6 is 0 Å². The molecule has 0 saturated heterocycles. The van der Waals surface area contributed by atoms with Gasteiger partial charge in [0, 0.05) is 0 Å². The lowest BCUT2D eigenvalue weighted by atomic mass is 9.98. The highest BCUT2D eigenvalue weighted by molar-refractivity contribution is 5.31. The molecule has 0 saturated carbocycles. The third kappa shape index (κ3) is 1.37. The molecule has 0 atom stereocenters. The van der Waals surface area contributed by atoms with E-state index in [1.54, 1.807) is 0 Å². The van der Waals surface area contributed by atoms with Crippen molar-refractivity contribution >= 4 is 0 Å². The van der Waals surface area contributed by atoms with Crippen LogP contribution in [0.5, 0.6) is 0 Å². The van der Waals surface area contributed by atoms with Gasteiger partial charge in [0.15, 0.2) is 0 Å². The van der Waals surface area contributed by atoms with E-state index >= 15 is 0 Å². The number of benzene rings is 2. The first-order valence-corrected chi connectivity index (χ1v) is 6.13. The fraction of sp³-hybridized carbons (Fsp3) is 0.250. The molecule has 0 amide bonds. The summed E-state index contributed by atoms with van der Waals surface area (Å²) in [4.78, 5) is 0. The summed E-state index contributed by atoms with van der Waals surface area (Å²) in [5.41, 5.74) is 1.48. The second-order valence-corrected chi connectivity index (χ2v) is 4.53. The molecule has 0 aliphatic heterocycles. The average molecular weight is 208 g/mol. The van der Waals surface area contributed by atoms with Crippen LogP contribution in [0.25, 0.3) is 0 Å². The van der Waals surface area contributed by atoms with E-state index in [0.29, 0.717) is 0 Å². The monoisotopic (exact) mass is 208 g/mol. The van der Waals surface area contributed by atoms with Crippen molar-refractivity contribution < 1.29 is 0 Å². The van der Waals surface area contributed by atoms with Gasteiger partial charge in [-0.1, -0.05) is 55.8 Å². The van der Waals surface area contributed by atoms with E-state index in [4.69, 9.17) is 0 Å². The molecule has 2 aromatic rings. The van der Waals surface area contributed by atoms with Crippen LogP contribution in [0.4, 0.5) is 0 Å². The van der Waals surface area contributed by atoms with Gasteiger partial charge in [0.2, 0.25) is 0 Å². The SMILES string of the molecule is CCCCc1ccc2c(c1)=c1ccccc1=2. The summed E-state index contributed by atoms with van der Waals surface area (Å²) < 4.78 is 0. The Morgan fingerprint density at radius 2 is 1.50 bits per heavy atom. The third-order valence-corrected chi connectivity index (χ3v) is 3.41. The van der Waals surface area contributed by atoms with Gasteiger partial charge in [0.1, 0.15) is 0 Å². The second-order valence-electron chi connectivity index (χ2n) is 4.53. The molecule has 0 aromatic heterocycles. The van der Waals surface area contributed by atoms with Crippen molar-refractivity contribution in [3.8, 4) is 0 Å². The van der Waals surface area contributed by atoms with Crippen LogP contribution in [0.2, 0.25) is 0 Å². The average Bonchev–Trinajstić information content (AvgIpc) is 2.33. The zero-order valence-corrected chi connectivity index (χ0v) is 9.66. The largest absolute Gasteiger partial charge is 0.0654 e. The standard InChI is InChI=1S/C16H16/c1-2-3-6-12-9-10-15-13-7-4-5-8-14(13)16(15)11-12/h4-5,7-11H,2-3,6H2,1H3. The highest BCUT2D eigenvalue weighted by Crippen LogP contribution is 2.15. The van der Waals surface area contributed by atoms with Crippen LogP contribution in [-0.2, 0) is 6.42 Å².